The Balaban J connectivity index is 3.05. The van der Waals surface area contributed by atoms with E-state index < -0.39 is 13.0 Å². The molecule has 0 spiro atoms. The van der Waals surface area contributed by atoms with E-state index in [4.69, 9.17) is 10.5 Å². The predicted molar refractivity (Wildman–Crippen MR) is 69.0 cm³/mol. The first-order chi connectivity index (χ1) is 8.32. The van der Waals surface area contributed by atoms with Crippen molar-refractivity contribution in [1.82, 2.24) is 0 Å². The Hall–Kier alpha value is -1.37. The van der Waals surface area contributed by atoms with Gasteiger partial charge >= 0.3 is 0 Å². The van der Waals surface area contributed by atoms with Gasteiger partial charge in [0.25, 0.3) is 6.43 Å². The van der Waals surface area contributed by atoms with Gasteiger partial charge in [0.2, 0.25) is 0 Å². The van der Waals surface area contributed by atoms with Crippen LogP contribution >= 0.6 is 11.3 Å². The topological polar surface area (TPSA) is 64.3 Å². The van der Waals surface area contributed by atoms with Crippen LogP contribution in [0.4, 0.5) is 19.5 Å². The Labute approximate surface area is 108 Å². The highest BCUT2D eigenvalue weighted by molar-refractivity contribution is 7.19. The van der Waals surface area contributed by atoms with Gasteiger partial charge in [0.05, 0.1) is 23.2 Å². The molecule has 3 N–H and O–H groups in total. The molecule has 0 radical (unpaired) electrons. The van der Waals surface area contributed by atoms with Crippen molar-refractivity contribution in [2.75, 3.05) is 17.6 Å². The van der Waals surface area contributed by atoms with Crippen LogP contribution in [-0.2, 0) is 0 Å². The van der Waals surface area contributed by atoms with Crippen LogP contribution in [0.25, 0.3) is 0 Å². The molecular weight excluding hydrogens is 262 g/mol. The number of hydrogen-bond acceptors (Lipinski definition) is 5. The van der Waals surface area contributed by atoms with Crippen molar-refractivity contribution in [3.8, 4) is 5.75 Å². The lowest BCUT2D eigenvalue weighted by Gasteiger charge is -2.12. The SMILES string of the molecule is CC(=O)c1sc(NCC(F)F)c(OC(C)C)c1N. The Morgan fingerprint density at radius 2 is 2.11 bits per heavy atom. The Bertz CT molecular complexity index is 433. The zero-order valence-corrected chi connectivity index (χ0v) is 11.2. The molecule has 1 rings (SSSR count). The van der Waals surface area contributed by atoms with Gasteiger partial charge in [0.1, 0.15) is 5.00 Å². The molecule has 0 saturated heterocycles. The third kappa shape index (κ3) is 3.56. The molecule has 7 heteroatoms. The van der Waals surface area contributed by atoms with Gasteiger partial charge in [-0.05, 0) is 13.8 Å². The number of rotatable bonds is 6. The maximum atomic E-state index is 12.2. The highest BCUT2D eigenvalue weighted by Crippen LogP contribution is 2.43. The molecule has 0 saturated carbocycles. The van der Waals surface area contributed by atoms with Crippen LogP contribution in [0.5, 0.6) is 5.75 Å². The van der Waals surface area contributed by atoms with Crippen LogP contribution < -0.4 is 15.8 Å². The van der Waals surface area contributed by atoms with Crippen LogP contribution in [0.2, 0.25) is 0 Å². The van der Waals surface area contributed by atoms with Gasteiger partial charge in [-0.25, -0.2) is 8.78 Å². The molecule has 0 bridgehead atoms. The fourth-order valence-electron chi connectivity index (χ4n) is 1.33. The summed E-state index contributed by atoms with van der Waals surface area (Å²) in [6.07, 6.45) is -2.64. The van der Waals surface area contributed by atoms with E-state index in [1.165, 1.54) is 6.92 Å². The number of carbonyl (C=O) groups is 1. The van der Waals surface area contributed by atoms with Crippen LogP contribution in [0.3, 0.4) is 0 Å². The average molecular weight is 278 g/mol. The summed E-state index contributed by atoms with van der Waals surface area (Å²) in [7, 11) is 0. The van der Waals surface area contributed by atoms with Crippen LogP contribution in [-0.4, -0.2) is 24.9 Å². The second-order valence-corrected chi connectivity index (χ2v) is 5.02. The van der Waals surface area contributed by atoms with E-state index in [-0.39, 0.29) is 23.3 Å². The predicted octanol–water partition coefficient (Wildman–Crippen LogP) is 3.00. The van der Waals surface area contributed by atoms with Gasteiger partial charge in [-0.15, -0.1) is 11.3 Å². The Morgan fingerprint density at radius 3 is 2.56 bits per heavy atom. The summed E-state index contributed by atoms with van der Waals surface area (Å²) in [5.74, 6) is 0.0667. The smallest absolute Gasteiger partial charge is 0.255 e. The normalized spacial score (nSPS) is 11.1. The molecule has 1 aromatic rings. The standard InChI is InChI=1S/C11H16F2N2O2S/c1-5(2)17-9-8(14)10(6(3)16)18-11(9)15-4-7(12)13/h5,7,15H,4,14H2,1-3H3. The molecule has 102 valence electrons. The van der Waals surface area contributed by atoms with Crippen molar-refractivity contribution < 1.29 is 18.3 Å². The minimum Gasteiger partial charge on any atom is -0.486 e. The number of Topliss-reactive ketones (excluding diaryl/α,β-unsaturated/α-hetero) is 1. The number of anilines is 2. The molecule has 0 fully saturated rings. The molecule has 0 aliphatic carbocycles. The summed E-state index contributed by atoms with van der Waals surface area (Å²) in [4.78, 5) is 11.7. The minimum absolute atomic E-state index is 0.159. The van der Waals surface area contributed by atoms with Crippen molar-refractivity contribution >= 4 is 27.8 Å². The van der Waals surface area contributed by atoms with Crippen LogP contribution in [0.1, 0.15) is 30.4 Å². The molecule has 0 atom stereocenters. The molecule has 0 amide bonds. The van der Waals surface area contributed by atoms with Crippen molar-refractivity contribution in [3.05, 3.63) is 4.88 Å². The summed E-state index contributed by atoms with van der Waals surface area (Å²) < 4.78 is 29.8. The number of carbonyl (C=O) groups excluding carboxylic acids is 1. The fourth-order valence-corrected chi connectivity index (χ4v) is 2.29. The average Bonchev–Trinajstić information content (AvgIpc) is 2.53. The first-order valence-corrected chi connectivity index (χ1v) is 6.26. The van der Waals surface area contributed by atoms with E-state index in [0.717, 1.165) is 11.3 Å². The molecule has 1 heterocycles. The van der Waals surface area contributed by atoms with Gasteiger partial charge in [0.15, 0.2) is 11.5 Å². The lowest BCUT2D eigenvalue weighted by molar-refractivity contribution is 0.102. The number of hydrogen-bond donors (Lipinski definition) is 2. The number of halogens is 2. The van der Waals surface area contributed by atoms with E-state index >= 15 is 0 Å². The summed E-state index contributed by atoms with van der Waals surface area (Å²) in [6.45, 7) is 4.45. The minimum atomic E-state index is -2.49. The summed E-state index contributed by atoms with van der Waals surface area (Å²) in [6, 6.07) is 0. The van der Waals surface area contributed by atoms with Gasteiger partial charge in [-0.2, -0.15) is 0 Å². The summed E-state index contributed by atoms with van der Waals surface area (Å²) in [5, 5.41) is 2.91. The van der Waals surface area contributed by atoms with E-state index in [9.17, 15) is 13.6 Å². The third-order valence-electron chi connectivity index (χ3n) is 1.99. The van der Waals surface area contributed by atoms with E-state index in [0.29, 0.717) is 9.88 Å². The Kier molecular flexibility index (Phi) is 4.89. The molecular formula is C11H16F2N2O2S. The van der Waals surface area contributed by atoms with Crippen molar-refractivity contribution in [1.29, 1.82) is 0 Å². The van der Waals surface area contributed by atoms with Gasteiger partial charge in [0, 0.05) is 6.92 Å². The number of ether oxygens (including phenoxy) is 1. The molecule has 1 aromatic heterocycles. The number of nitrogens with two attached hydrogens (primary N) is 1. The molecule has 0 unspecified atom stereocenters. The lowest BCUT2D eigenvalue weighted by atomic mass is 10.3. The van der Waals surface area contributed by atoms with Gasteiger partial charge in [-0.3, -0.25) is 4.79 Å². The quantitative estimate of drug-likeness (QED) is 0.785. The number of alkyl halides is 2. The zero-order valence-electron chi connectivity index (χ0n) is 10.4. The first kappa shape index (κ1) is 14.7. The van der Waals surface area contributed by atoms with Crippen LogP contribution in [0, 0.1) is 0 Å². The number of thiophene rings is 1. The highest BCUT2D eigenvalue weighted by Gasteiger charge is 2.21. The van der Waals surface area contributed by atoms with Gasteiger partial charge < -0.3 is 15.8 Å². The zero-order chi connectivity index (χ0) is 13.9. The maximum absolute atomic E-state index is 12.2. The van der Waals surface area contributed by atoms with Crippen LogP contribution in [0.15, 0.2) is 0 Å². The molecule has 0 aliphatic heterocycles. The monoisotopic (exact) mass is 278 g/mol. The first-order valence-electron chi connectivity index (χ1n) is 5.44. The molecule has 0 aromatic carbocycles. The maximum Gasteiger partial charge on any atom is 0.255 e. The van der Waals surface area contributed by atoms with Gasteiger partial charge in [-0.1, -0.05) is 0 Å². The number of ketones is 1. The van der Waals surface area contributed by atoms with E-state index in [1.807, 2.05) is 0 Å². The second kappa shape index (κ2) is 5.99. The molecule has 18 heavy (non-hydrogen) atoms. The highest BCUT2D eigenvalue weighted by atomic mass is 32.1. The van der Waals surface area contributed by atoms with Crippen molar-refractivity contribution in [2.24, 2.45) is 0 Å². The lowest BCUT2D eigenvalue weighted by Crippen LogP contribution is -2.12. The second-order valence-electron chi connectivity index (χ2n) is 4.00. The number of nitrogen functional groups attached to an aromatic ring is 1. The van der Waals surface area contributed by atoms with Crippen molar-refractivity contribution in [2.45, 2.75) is 33.3 Å². The summed E-state index contributed by atoms with van der Waals surface area (Å²) >= 11 is 1.03. The Morgan fingerprint density at radius 1 is 1.50 bits per heavy atom. The van der Waals surface area contributed by atoms with Crippen molar-refractivity contribution in [3.63, 3.8) is 0 Å². The summed E-state index contributed by atoms with van der Waals surface area (Å²) in [5.41, 5.74) is 6.00. The molecule has 0 aliphatic rings. The molecule has 4 nitrogen and oxygen atoms in total. The van der Waals surface area contributed by atoms with E-state index in [1.54, 1.807) is 13.8 Å². The van der Waals surface area contributed by atoms with E-state index in [2.05, 4.69) is 5.32 Å². The third-order valence-corrected chi connectivity index (χ3v) is 3.24. The number of nitrogens with one attached hydrogen (secondary N) is 1. The largest absolute Gasteiger partial charge is 0.486 e. The fraction of sp³-hybridized carbons (Fsp3) is 0.545.